The molecule has 0 aliphatic rings. The molecule has 4 nitrogen and oxygen atoms in total. The Morgan fingerprint density at radius 2 is 2.13 bits per heavy atom. The first kappa shape index (κ1) is 14.3. The quantitative estimate of drug-likeness (QED) is 0.579. The van der Waals surface area contributed by atoms with Crippen molar-refractivity contribution in [3.8, 4) is 0 Å². The molecule has 116 valence electrons. The zero-order valence-electron chi connectivity index (χ0n) is 12.4. The first-order valence-electron chi connectivity index (χ1n) is 7.29. The first-order chi connectivity index (χ1) is 11.2. The van der Waals surface area contributed by atoms with E-state index in [4.69, 9.17) is 4.74 Å². The van der Waals surface area contributed by atoms with Gasteiger partial charge in [0.1, 0.15) is 10.8 Å². The van der Waals surface area contributed by atoms with Crippen LogP contribution >= 0.6 is 11.3 Å². The lowest BCUT2D eigenvalue weighted by Crippen LogP contribution is -2.05. The predicted molar refractivity (Wildman–Crippen MR) is 90.5 cm³/mol. The molecule has 0 aliphatic heterocycles. The molecule has 0 spiro atoms. The molecular weight excluding hydrogens is 315 g/mol. The summed E-state index contributed by atoms with van der Waals surface area (Å²) in [7, 11) is 0. The molecule has 4 aromatic rings. The van der Waals surface area contributed by atoms with Gasteiger partial charge in [-0.15, -0.1) is 11.3 Å². The molecule has 0 unspecified atom stereocenters. The van der Waals surface area contributed by atoms with Crippen molar-refractivity contribution in [1.29, 1.82) is 0 Å². The summed E-state index contributed by atoms with van der Waals surface area (Å²) in [6, 6.07) is 6.31. The van der Waals surface area contributed by atoms with Gasteiger partial charge in [0.15, 0.2) is 0 Å². The van der Waals surface area contributed by atoms with E-state index in [-0.39, 0.29) is 11.4 Å². The SMILES string of the molecule is CCOCc1nc2c3ccc(F)cc3c3c(=O)[nH]ccc3c2s1. The monoisotopic (exact) mass is 328 g/mol. The third-order valence-corrected chi connectivity index (χ3v) is 4.87. The Labute approximate surface area is 134 Å². The molecule has 1 N–H and O–H groups in total. The largest absolute Gasteiger partial charge is 0.375 e. The highest BCUT2D eigenvalue weighted by Gasteiger charge is 2.15. The molecule has 0 fully saturated rings. The van der Waals surface area contributed by atoms with Gasteiger partial charge in [0.25, 0.3) is 5.56 Å². The maximum absolute atomic E-state index is 13.7. The molecule has 0 atom stereocenters. The van der Waals surface area contributed by atoms with Gasteiger partial charge in [0, 0.05) is 29.0 Å². The van der Waals surface area contributed by atoms with Crippen molar-refractivity contribution in [2.24, 2.45) is 0 Å². The van der Waals surface area contributed by atoms with E-state index in [1.54, 1.807) is 12.3 Å². The van der Waals surface area contributed by atoms with Crippen molar-refractivity contribution in [3.05, 3.63) is 51.6 Å². The smallest absolute Gasteiger partial charge is 0.256 e. The fourth-order valence-corrected chi connectivity index (χ4v) is 3.89. The minimum Gasteiger partial charge on any atom is -0.375 e. The van der Waals surface area contributed by atoms with E-state index in [2.05, 4.69) is 9.97 Å². The molecule has 0 radical (unpaired) electrons. The zero-order valence-corrected chi connectivity index (χ0v) is 13.2. The van der Waals surface area contributed by atoms with E-state index in [1.165, 1.54) is 23.5 Å². The van der Waals surface area contributed by atoms with Crippen LogP contribution in [0.15, 0.2) is 35.3 Å². The Morgan fingerprint density at radius 1 is 1.26 bits per heavy atom. The van der Waals surface area contributed by atoms with Crippen LogP contribution in [-0.2, 0) is 11.3 Å². The molecule has 4 rings (SSSR count). The fraction of sp³-hybridized carbons (Fsp3) is 0.176. The molecule has 0 saturated heterocycles. The van der Waals surface area contributed by atoms with Gasteiger partial charge in [-0.25, -0.2) is 9.37 Å². The summed E-state index contributed by atoms with van der Waals surface area (Å²) < 4.78 is 20.1. The molecule has 23 heavy (non-hydrogen) atoms. The van der Waals surface area contributed by atoms with Crippen molar-refractivity contribution in [2.75, 3.05) is 6.61 Å². The summed E-state index contributed by atoms with van der Waals surface area (Å²) >= 11 is 1.51. The maximum Gasteiger partial charge on any atom is 0.256 e. The second-order valence-corrected chi connectivity index (χ2v) is 6.29. The normalized spacial score (nSPS) is 11.7. The van der Waals surface area contributed by atoms with E-state index in [0.717, 1.165) is 26.0 Å². The van der Waals surface area contributed by atoms with Crippen molar-refractivity contribution in [3.63, 3.8) is 0 Å². The number of nitrogens with zero attached hydrogens (tertiary/aromatic N) is 1. The van der Waals surface area contributed by atoms with Crippen molar-refractivity contribution < 1.29 is 9.13 Å². The topological polar surface area (TPSA) is 55.0 Å². The average Bonchev–Trinajstić information content (AvgIpc) is 2.97. The van der Waals surface area contributed by atoms with Gasteiger partial charge in [0.05, 0.1) is 22.2 Å². The van der Waals surface area contributed by atoms with Crippen LogP contribution in [0.25, 0.3) is 31.8 Å². The van der Waals surface area contributed by atoms with Crippen LogP contribution in [0.2, 0.25) is 0 Å². The van der Waals surface area contributed by atoms with Gasteiger partial charge in [-0.3, -0.25) is 4.79 Å². The lowest BCUT2D eigenvalue weighted by molar-refractivity contribution is 0.134. The number of halogens is 1. The number of hydrogen-bond acceptors (Lipinski definition) is 4. The number of fused-ring (bicyclic) bond motifs is 6. The Hall–Kier alpha value is -2.31. The van der Waals surface area contributed by atoms with Gasteiger partial charge < -0.3 is 9.72 Å². The third kappa shape index (κ3) is 2.22. The number of pyridine rings is 1. The van der Waals surface area contributed by atoms with Crippen LogP contribution in [0.4, 0.5) is 4.39 Å². The fourth-order valence-electron chi connectivity index (χ4n) is 2.85. The standard InChI is InChI=1S/C17H13FN2O2S/c1-2-22-8-13-20-15-10-4-3-9(18)7-12(10)14-11(16(15)23-13)5-6-19-17(14)21/h3-7H,2,8H2,1H3,(H,19,21). The van der Waals surface area contributed by atoms with Crippen LogP contribution in [-0.4, -0.2) is 16.6 Å². The summed E-state index contributed by atoms with van der Waals surface area (Å²) in [6.45, 7) is 2.98. The summed E-state index contributed by atoms with van der Waals surface area (Å²) in [5.74, 6) is -0.369. The molecule has 6 heteroatoms. The average molecular weight is 328 g/mol. The number of rotatable bonds is 3. The summed E-state index contributed by atoms with van der Waals surface area (Å²) in [5.41, 5.74) is 0.567. The molecule has 0 bridgehead atoms. The minimum atomic E-state index is -0.369. The lowest BCUT2D eigenvalue weighted by Gasteiger charge is -2.05. The molecular formula is C17H13FN2O2S. The first-order valence-corrected chi connectivity index (χ1v) is 8.10. The van der Waals surface area contributed by atoms with Crippen molar-refractivity contribution >= 4 is 43.1 Å². The van der Waals surface area contributed by atoms with Crippen LogP contribution in [0, 0.1) is 5.82 Å². The highest BCUT2D eigenvalue weighted by molar-refractivity contribution is 7.19. The Bertz CT molecular complexity index is 1100. The Kier molecular flexibility index (Phi) is 3.36. The highest BCUT2D eigenvalue weighted by Crippen LogP contribution is 2.36. The van der Waals surface area contributed by atoms with Crippen LogP contribution < -0.4 is 5.56 Å². The highest BCUT2D eigenvalue weighted by atomic mass is 32.1. The zero-order chi connectivity index (χ0) is 16.0. The Morgan fingerprint density at radius 3 is 2.96 bits per heavy atom. The van der Waals surface area contributed by atoms with Gasteiger partial charge >= 0.3 is 0 Å². The van der Waals surface area contributed by atoms with Crippen molar-refractivity contribution in [1.82, 2.24) is 9.97 Å². The number of aromatic nitrogens is 2. The molecule has 2 aromatic carbocycles. The number of hydrogen-bond donors (Lipinski definition) is 1. The van der Waals surface area contributed by atoms with Crippen LogP contribution in [0.3, 0.4) is 0 Å². The molecule has 0 aliphatic carbocycles. The van der Waals surface area contributed by atoms with Gasteiger partial charge in [0.2, 0.25) is 0 Å². The van der Waals surface area contributed by atoms with Gasteiger partial charge in [-0.05, 0) is 31.2 Å². The van der Waals surface area contributed by atoms with E-state index >= 15 is 0 Å². The number of thiazole rings is 1. The van der Waals surface area contributed by atoms with Gasteiger partial charge in [-0.1, -0.05) is 0 Å². The summed E-state index contributed by atoms with van der Waals surface area (Å²) in [6.07, 6.45) is 1.61. The van der Waals surface area contributed by atoms with Crippen LogP contribution in [0.5, 0.6) is 0 Å². The number of aromatic amines is 1. The third-order valence-electron chi connectivity index (χ3n) is 3.81. The lowest BCUT2D eigenvalue weighted by atomic mass is 10.0. The number of ether oxygens (including phenoxy) is 1. The predicted octanol–water partition coefficient (Wildman–Crippen LogP) is 3.97. The molecule has 2 aromatic heterocycles. The van der Waals surface area contributed by atoms with Crippen molar-refractivity contribution in [2.45, 2.75) is 13.5 Å². The molecule has 0 saturated carbocycles. The van der Waals surface area contributed by atoms with E-state index in [1.807, 2.05) is 13.0 Å². The number of H-pyrrole nitrogens is 1. The summed E-state index contributed by atoms with van der Waals surface area (Å²) in [4.78, 5) is 19.6. The second-order valence-electron chi connectivity index (χ2n) is 5.21. The minimum absolute atomic E-state index is 0.222. The van der Waals surface area contributed by atoms with E-state index < -0.39 is 0 Å². The van der Waals surface area contributed by atoms with E-state index in [0.29, 0.717) is 24.0 Å². The van der Waals surface area contributed by atoms with Crippen LogP contribution in [0.1, 0.15) is 11.9 Å². The molecule has 0 amide bonds. The molecule has 2 heterocycles. The maximum atomic E-state index is 13.7. The second kappa shape index (κ2) is 5.40. The van der Waals surface area contributed by atoms with Gasteiger partial charge in [-0.2, -0.15) is 0 Å². The summed E-state index contributed by atoms with van der Waals surface area (Å²) in [5, 5.41) is 3.51. The Balaban J connectivity index is 2.20. The number of benzene rings is 2. The number of nitrogens with one attached hydrogen (secondary N) is 1. The van der Waals surface area contributed by atoms with E-state index in [9.17, 15) is 9.18 Å².